The fourth-order valence-electron chi connectivity index (χ4n) is 5.91. The molecule has 1 unspecified atom stereocenters. The molecule has 0 fully saturated rings. The Hall–Kier alpha value is -2.62. The van der Waals surface area contributed by atoms with E-state index in [-0.39, 0.29) is 12.4 Å². The number of carbonyl (C=O) groups excluding carboxylic acids is 1. The quantitative estimate of drug-likeness (QED) is 0.0399. The highest BCUT2D eigenvalue weighted by Crippen LogP contribution is 2.17. The van der Waals surface area contributed by atoms with E-state index in [4.69, 9.17) is 4.74 Å². The normalized spacial score (nSPS) is 13.0. The Kier molecular flexibility index (Phi) is 38.7. The number of aliphatic carboxylic acids is 1. The van der Waals surface area contributed by atoms with Crippen molar-refractivity contribution in [3.8, 4) is 0 Å². The minimum atomic E-state index is -0.896. The molecular formula is C46H78O4. The van der Waals surface area contributed by atoms with E-state index in [1.807, 2.05) is 0 Å². The van der Waals surface area contributed by atoms with Gasteiger partial charge >= 0.3 is 11.9 Å². The van der Waals surface area contributed by atoms with Crippen molar-refractivity contribution < 1.29 is 19.4 Å². The Morgan fingerprint density at radius 2 is 0.860 bits per heavy atom. The van der Waals surface area contributed by atoms with Gasteiger partial charge in [0.05, 0.1) is 6.42 Å². The van der Waals surface area contributed by atoms with Gasteiger partial charge in [-0.2, -0.15) is 0 Å². The highest BCUT2D eigenvalue weighted by atomic mass is 16.5. The fraction of sp³-hybridized carbons (Fsp3) is 0.696. The highest BCUT2D eigenvalue weighted by Gasteiger charge is 2.17. The third-order valence-corrected chi connectivity index (χ3v) is 8.93. The van der Waals surface area contributed by atoms with Crippen LogP contribution in [0.3, 0.4) is 0 Å². The van der Waals surface area contributed by atoms with Crippen LogP contribution in [0.4, 0.5) is 0 Å². The van der Waals surface area contributed by atoms with Crippen molar-refractivity contribution in [2.24, 2.45) is 0 Å². The van der Waals surface area contributed by atoms with Gasteiger partial charge in [-0.05, 0) is 70.6 Å². The molecule has 4 nitrogen and oxygen atoms in total. The lowest BCUT2D eigenvalue weighted by molar-refractivity contribution is -0.153. The van der Waals surface area contributed by atoms with E-state index in [0.29, 0.717) is 12.8 Å². The molecule has 0 rings (SSSR count). The molecule has 0 saturated heterocycles. The highest BCUT2D eigenvalue weighted by molar-refractivity contribution is 5.71. The van der Waals surface area contributed by atoms with Crippen LogP contribution in [0.15, 0.2) is 72.9 Å². The van der Waals surface area contributed by atoms with Crippen LogP contribution in [0.5, 0.6) is 0 Å². The summed E-state index contributed by atoms with van der Waals surface area (Å²) in [6.45, 7) is 4.43. The average Bonchev–Trinajstić information content (AvgIpc) is 3.10. The molecule has 286 valence electrons. The first-order chi connectivity index (χ1) is 24.6. The Bertz CT molecular complexity index is 922. The summed E-state index contributed by atoms with van der Waals surface area (Å²) >= 11 is 0. The van der Waals surface area contributed by atoms with Crippen molar-refractivity contribution in [3.63, 3.8) is 0 Å². The van der Waals surface area contributed by atoms with Crippen LogP contribution in [-0.2, 0) is 14.3 Å². The zero-order valence-corrected chi connectivity index (χ0v) is 32.7. The number of esters is 1. The molecule has 1 N–H and O–H groups in total. The summed E-state index contributed by atoms with van der Waals surface area (Å²) in [4.78, 5) is 23.7. The molecule has 0 saturated carbocycles. The largest absolute Gasteiger partial charge is 0.481 e. The van der Waals surface area contributed by atoms with Crippen molar-refractivity contribution in [2.45, 2.75) is 206 Å². The lowest BCUT2D eigenvalue weighted by atomic mass is 10.0. The summed E-state index contributed by atoms with van der Waals surface area (Å²) in [7, 11) is 0. The molecule has 0 aromatic heterocycles. The van der Waals surface area contributed by atoms with Gasteiger partial charge in [0.25, 0.3) is 0 Å². The number of unbranched alkanes of at least 4 members (excludes halogenated alkanes) is 18. The van der Waals surface area contributed by atoms with Gasteiger partial charge in [0.1, 0.15) is 6.10 Å². The minimum Gasteiger partial charge on any atom is -0.481 e. The number of carboxylic acids is 1. The maximum absolute atomic E-state index is 12.4. The van der Waals surface area contributed by atoms with Crippen molar-refractivity contribution in [1.82, 2.24) is 0 Å². The lowest BCUT2D eigenvalue weighted by Gasteiger charge is -2.16. The topological polar surface area (TPSA) is 63.6 Å². The zero-order valence-electron chi connectivity index (χ0n) is 32.7. The third-order valence-electron chi connectivity index (χ3n) is 8.93. The van der Waals surface area contributed by atoms with E-state index in [2.05, 4.69) is 86.8 Å². The van der Waals surface area contributed by atoms with Crippen molar-refractivity contribution >= 4 is 11.9 Å². The van der Waals surface area contributed by atoms with E-state index in [9.17, 15) is 14.7 Å². The number of hydrogen-bond acceptors (Lipinski definition) is 3. The van der Waals surface area contributed by atoms with Gasteiger partial charge in [-0.1, -0.05) is 189 Å². The minimum absolute atomic E-state index is 0.0941. The predicted molar refractivity (Wildman–Crippen MR) is 218 cm³/mol. The first-order valence-electron chi connectivity index (χ1n) is 20.9. The molecular weight excluding hydrogens is 617 g/mol. The second kappa shape index (κ2) is 40.8. The summed E-state index contributed by atoms with van der Waals surface area (Å²) in [6, 6.07) is 0. The summed E-state index contributed by atoms with van der Waals surface area (Å²) in [5.74, 6) is -1.15. The molecule has 0 radical (unpaired) electrons. The molecule has 0 aromatic carbocycles. The zero-order chi connectivity index (χ0) is 36.4. The maximum Gasteiger partial charge on any atom is 0.307 e. The molecule has 4 heteroatoms. The fourth-order valence-corrected chi connectivity index (χ4v) is 5.91. The first kappa shape index (κ1) is 47.4. The lowest BCUT2D eigenvalue weighted by Crippen LogP contribution is -2.21. The molecule has 0 aromatic rings. The van der Waals surface area contributed by atoms with Gasteiger partial charge in [-0.25, -0.2) is 0 Å². The van der Waals surface area contributed by atoms with Gasteiger partial charge in [-0.3, -0.25) is 9.59 Å². The summed E-state index contributed by atoms with van der Waals surface area (Å²) < 4.78 is 5.57. The number of carbonyl (C=O) groups is 2. The molecule has 0 bridgehead atoms. The summed E-state index contributed by atoms with van der Waals surface area (Å²) in [5, 5.41) is 9.28. The van der Waals surface area contributed by atoms with E-state index < -0.39 is 12.1 Å². The third kappa shape index (κ3) is 39.8. The Labute approximate surface area is 309 Å². The van der Waals surface area contributed by atoms with Crippen LogP contribution in [-0.4, -0.2) is 23.1 Å². The van der Waals surface area contributed by atoms with E-state index in [1.54, 1.807) is 0 Å². The van der Waals surface area contributed by atoms with Gasteiger partial charge in [0, 0.05) is 6.42 Å². The number of rotatable bonds is 37. The second-order valence-corrected chi connectivity index (χ2v) is 13.8. The Balaban J connectivity index is 3.76. The molecule has 0 amide bonds. The molecule has 0 aliphatic carbocycles. The molecule has 0 heterocycles. The smallest absolute Gasteiger partial charge is 0.307 e. The van der Waals surface area contributed by atoms with Gasteiger partial charge in [-0.15, -0.1) is 0 Å². The van der Waals surface area contributed by atoms with Gasteiger partial charge < -0.3 is 9.84 Å². The van der Waals surface area contributed by atoms with Crippen molar-refractivity contribution in [2.75, 3.05) is 0 Å². The number of carboxylic acid groups (broad SMARTS) is 1. The Morgan fingerprint density at radius 3 is 1.26 bits per heavy atom. The molecule has 0 spiro atoms. The summed E-state index contributed by atoms with van der Waals surface area (Å²) in [5.41, 5.74) is 0. The van der Waals surface area contributed by atoms with Gasteiger partial charge in [0.2, 0.25) is 0 Å². The number of allylic oxidation sites excluding steroid dienone is 12. The molecule has 0 aliphatic rings. The van der Waals surface area contributed by atoms with Crippen LogP contribution >= 0.6 is 0 Å². The number of hydrogen-bond donors (Lipinski definition) is 1. The maximum atomic E-state index is 12.4. The predicted octanol–water partition coefficient (Wildman–Crippen LogP) is 14.7. The average molecular weight is 695 g/mol. The van der Waals surface area contributed by atoms with Crippen LogP contribution in [0, 0.1) is 0 Å². The van der Waals surface area contributed by atoms with Crippen LogP contribution in [0.2, 0.25) is 0 Å². The molecule has 1 atom stereocenters. The van der Waals surface area contributed by atoms with Crippen molar-refractivity contribution in [3.05, 3.63) is 72.9 Å². The molecule has 0 aliphatic heterocycles. The SMILES string of the molecule is CC/C=C\C/C=C\C/C=C\C/C=C\C/C=C\C/C=C\CCCCC(=O)OC(CCCCCCCCCCCCCCCCCCC)CC(=O)O. The van der Waals surface area contributed by atoms with E-state index in [0.717, 1.165) is 70.6 Å². The van der Waals surface area contributed by atoms with E-state index in [1.165, 1.54) is 96.3 Å². The van der Waals surface area contributed by atoms with Crippen LogP contribution in [0.25, 0.3) is 0 Å². The second-order valence-electron chi connectivity index (χ2n) is 13.8. The molecule has 50 heavy (non-hydrogen) atoms. The first-order valence-corrected chi connectivity index (χ1v) is 20.9. The van der Waals surface area contributed by atoms with Crippen LogP contribution < -0.4 is 0 Å². The Morgan fingerprint density at radius 1 is 0.480 bits per heavy atom. The van der Waals surface area contributed by atoms with Crippen molar-refractivity contribution in [1.29, 1.82) is 0 Å². The van der Waals surface area contributed by atoms with E-state index >= 15 is 0 Å². The van der Waals surface area contributed by atoms with Crippen LogP contribution in [0.1, 0.15) is 200 Å². The number of ether oxygens (including phenoxy) is 1. The monoisotopic (exact) mass is 695 g/mol. The van der Waals surface area contributed by atoms with Gasteiger partial charge in [0.15, 0.2) is 0 Å². The standard InChI is InChI=1S/C46H78O4/c1-3-5-7-9-11-13-15-17-19-21-22-23-24-26-28-30-32-34-36-38-40-42-46(49)50-44(43-45(47)48)41-39-37-35-33-31-29-27-25-20-18-16-14-12-10-8-6-4-2/h5,7,11,13,17,19,22-23,26,28,32,34,44H,3-4,6,8-10,12,14-16,18,20-21,24-25,27,29-31,33,35-43H2,1-2H3,(H,47,48)/b7-5-,13-11-,19-17-,23-22-,28-26-,34-32-. The summed E-state index contributed by atoms with van der Waals surface area (Å²) in [6.07, 6.45) is 57.9.